The summed E-state index contributed by atoms with van der Waals surface area (Å²) in [7, 11) is -5.68. The number of sulfone groups is 1. The Kier molecular flexibility index (Phi) is 4.58. The molecule has 2 rings (SSSR count). The summed E-state index contributed by atoms with van der Waals surface area (Å²) in [5.41, 5.74) is -7.68. The van der Waals surface area contributed by atoms with Gasteiger partial charge in [-0.2, -0.15) is 31.4 Å². The zero-order valence-electron chi connectivity index (χ0n) is 12.4. The summed E-state index contributed by atoms with van der Waals surface area (Å²) in [6.45, 7) is 2.02. The first-order valence-electron chi connectivity index (χ1n) is 6.28. The molecule has 0 amide bonds. The third-order valence-electron chi connectivity index (χ3n) is 3.21. The van der Waals surface area contributed by atoms with E-state index < -0.39 is 54.2 Å². The van der Waals surface area contributed by atoms with Gasteiger partial charge in [-0.3, -0.25) is 0 Å². The van der Waals surface area contributed by atoms with E-state index in [1.807, 2.05) is 0 Å². The maximum absolute atomic E-state index is 12.8. The van der Waals surface area contributed by atoms with Crippen molar-refractivity contribution in [1.29, 1.82) is 0 Å². The molecule has 0 aromatic carbocycles. The summed E-state index contributed by atoms with van der Waals surface area (Å²) >= 11 is 5.73. The van der Waals surface area contributed by atoms with Crippen LogP contribution in [0.15, 0.2) is 17.2 Å². The number of hydrogen-bond acceptors (Lipinski definition) is 4. The van der Waals surface area contributed by atoms with Gasteiger partial charge in [-0.25, -0.2) is 18.1 Å². The maximum atomic E-state index is 12.8. The molecule has 0 bridgehead atoms. The highest BCUT2D eigenvalue weighted by molar-refractivity contribution is 7.92. The van der Waals surface area contributed by atoms with Crippen molar-refractivity contribution >= 4 is 21.4 Å². The average Bonchev–Trinajstić information content (AvgIpc) is 2.80. The lowest BCUT2D eigenvalue weighted by molar-refractivity contribution is -0.138. The van der Waals surface area contributed by atoms with Gasteiger partial charge >= 0.3 is 11.7 Å². The molecule has 138 valence electrons. The van der Waals surface area contributed by atoms with Crippen LogP contribution in [0.4, 0.5) is 26.3 Å². The van der Waals surface area contributed by atoms with Gasteiger partial charge in [-0.1, -0.05) is 11.6 Å². The molecule has 0 spiro atoms. The zero-order chi connectivity index (χ0) is 19.4. The van der Waals surface area contributed by atoms with Gasteiger partial charge < -0.3 is 0 Å². The predicted molar refractivity (Wildman–Crippen MR) is 74.1 cm³/mol. The third-order valence-corrected chi connectivity index (χ3v) is 5.08. The molecule has 0 saturated heterocycles. The number of aryl methyl sites for hydroxylation is 1. The highest BCUT2D eigenvalue weighted by Crippen LogP contribution is 2.36. The molecular formula is C12H8ClF6N3O2S. The molecule has 25 heavy (non-hydrogen) atoms. The van der Waals surface area contributed by atoms with E-state index in [4.69, 9.17) is 11.6 Å². The minimum atomic E-state index is -5.68. The number of rotatable bonds is 2. The fraction of sp³-hybridized carbons (Fsp3) is 0.333. The first-order chi connectivity index (χ1) is 11.2. The number of alkyl halides is 6. The van der Waals surface area contributed by atoms with E-state index >= 15 is 0 Å². The Morgan fingerprint density at radius 3 is 2.16 bits per heavy atom. The summed E-state index contributed by atoms with van der Waals surface area (Å²) in [6, 6.07) is 0.540. The lowest BCUT2D eigenvalue weighted by atomic mass is 10.2. The van der Waals surface area contributed by atoms with Crippen LogP contribution in [-0.4, -0.2) is 28.7 Å². The lowest BCUT2D eigenvalue weighted by Crippen LogP contribution is -2.23. The minimum Gasteiger partial charge on any atom is -0.232 e. The molecular weight excluding hydrogens is 400 g/mol. The van der Waals surface area contributed by atoms with Crippen LogP contribution in [0.1, 0.15) is 17.0 Å². The molecule has 13 heteroatoms. The summed E-state index contributed by atoms with van der Waals surface area (Å²) in [5, 5.41) is 2.91. The molecule has 2 aromatic heterocycles. The Morgan fingerprint density at radius 1 is 1.12 bits per heavy atom. The van der Waals surface area contributed by atoms with Gasteiger partial charge in [0.05, 0.1) is 28.2 Å². The van der Waals surface area contributed by atoms with Gasteiger partial charge in [0.1, 0.15) is 4.90 Å². The Morgan fingerprint density at radius 2 is 1.68 bits per heavy atom. The van der Waals surface area contributed by atoms with Gasteiger partial charge in [0.2, 0.25) is 0 Å². The van der Waals surface area contributed by atoms with Crippen molar-refractivity contribution in [2.45, 2.75) is 30.4 Å². The van der Waals surface area contributed by atoms with E-state index in [9.17, 15) is 34.8 Å². The van der Waals surface area contributed by atoms with Gasteiger partial charge in [-0.15, -0.1) is 0 Å². The topological polar surface area (TPSA) is 64.8 Å². The second-order valence-electron chi connectivity index (χ2n) is 4.88. The molecule has 0 aliphatic rings. The first-order valence-corrected chi connectivity index (χ1v) is 8.14. The predicted octanol–water partition coefficient (Wildman–Crippen LogP) is 3.85. The number of halogens is 7. The van der Waals surface area contributed by atoms with Crippen LogP contribution in [0.2, 0.25) is 5.02 Å². The molecule has 5 nitrogen and oxygen atoms in total. The van der Waals surface area contributed by atoms with E-state index in [0.29, 0.717) is 16.9 Å². The first kappa shape index (κ1) is 19.5. The van der Waals surface area contributed by atoms with Crippen LogP contribution in [0, 0.1) is 13.8 Å². The van der Waals surface area contributed by atoms with Crippen molar-refractivity contribution in [3.8, 4) is 5.82 Å². The van der Waals surface area contributed by atoms with E-state index in [-0.39, 0.29) is 0 Å². The molecule has 2 heterocycles. The number of pyridine rings is 1. The second kappa shape index (κ2) is 5.87. The minimum absolute atomic E-state index is 0.423. The molecule has 0 saturated carbocycles. The Balaban J connectivity index is 2.65. The van der Waals surface area contributed by atoms with Crippen molar-refractivity contribution < 1.29 is 34.8 Å². The van der Waals surface area contributed by atoms with Gasteiger partial charge in [-0.05, 0) is 19.9 Å². The highest BCUT2D eigenvalue weighted by atomic mass is 35.5. The van der Waals surface area contributed by atoms with Crippen molar-refractivity contribution in [3.63, 3.8) is 0 Å². The third kappa shape index (κ3) is 3.32. The highest BCUT2D eigenvalue weighted by Gasteiger charge is 2.48. The van der Waals surface area contributed by atoms with Gasteiger partial charge in [0, 0.05) is 0 Å². The SMILES string of the molecule is Cc1nc(-n2ncc(S(=O)(=O)C(F)(F)F)c2C)c(Cl)cc1C(F)(F)F. The monoisotopic (exact) mass is 407 g/mol. The van der Waals surface area contributed by atoms with E-state index in [1.54, 1.807) is 0 Å². The van der Waals surface area contributed by atoms with E-state index in [0.717, 1.165) is 13.8 Å². The Bertz CT molecular complexity index is 934. The second-order valence-corrected chi connectivity index (χ2v) is 7.20. The van der Waals surface area contributed by atoms with E-state index in [2.05, 4.69) is 10.1 Å². The molecule has 0 unspecified atom stereocenters. The van der Waals surface area contributed by atoms with Crippen molar-refractivity contribution in [3.05, 3.63) is 34.2 Å². The Hall–Kier alpha value is -1.82. The van der Waals surface area contributed by atoms with Crippen molar-refractivity contribution in [1.82, 2.24) is 14.8 Å². The summed E-state index contributed by atoms with van der Waals surface area (Å²) in [5.74, 6) is -0.423. The van der Waals surface area contributed by atoms with Crippen LogP contribution >= 0.6 is 11.6 Å². The summed E-state index contributed by atoms with van der Waals surface area (Å²) in [6.07, 6.45) is -4.30. The summed E-state index contributed by atoms with van der Waals surface area (Å²) in [4.78, 5) is 2.46. The fourth-order valence-electron chi connectivity index (χ4n) is 2.00. The number of hydrogen-bond donors (Lipinski definition) is 0. The van der Waals surface area contributed by atoms with Gasteiger partial charge in [0.15, 0.2) is 5.82 Å². The van der Waals surface area contributed by atoms with Crippen molar-refractivity contribution in [2.75, 3.05) is 0 Å². The smallest absolute Gasteiger partial charge is 0.232 e. The van der Waals surface area contributed by atoms with Crippen molar-refractivity contribution in [2.24, 2.45) is 0 Å². The maximum Gasteiger partial charge on any atom is 0.502 e. The molecule has 0 aliphatic carbocycles. The fourth-order valence-corrected chi connectivity index (χ4v) is 3.14. The van der Waals surface area contributed by atoms with Crippen LogP contribution in [0.5, 0.6) is 0 Å². The normalized spacial score (nSPS) is 13.3. The van der Waals surface area contributed by atoms with Crippen LogP contribution < -0.4 is 0 Å². The number of nitrogens with zero attached hydrogens (tertiary/aromatic N) is 3. The van der Waals surface area contributed by atoms with Crippen LogP contribution in [0.25, 0.3) is 5.82 Å². The van der Waals surface area contributed by atoms with E-state index in [1.165, 1.54) is 0 Å². The van der Waals surface area contributed by atoms with Crippen LogP contribution in [-0.2, 0) is 16.0 Å². The molecule has 0 radical (unpaired) electrons. The quantitative estimate of drug-likeness (QED) is 0.709. The zero-order valence-corrected chi connectivity index (χ0v) is 13.9. The largest absolute Gasteiger partial charge is 0.502 e. The standard InChI is InChI=1S/C12H8ClF6N3O2S/c1-5-7(11(14,15)16)3-8(13)10(21-5)22-6(2)9(4-20-22)25(23,24)12(17,18)19/h3-4H,1-2H3. The number of aromatic nitrogens is 3. The van der Waals surface area contributed by atoms with Crippen LogP contribution in [0.3, 0.4) is 0 Å². The molecule has 0 N–H and O–H groups in total. The average molecular weight is 408 g/mol. The lowest BCUT2D eigenvalue weighted by Gasteiger charge is -2.13. The molecule has 0 fully saturated rings. The molecule has 2 aromatic rings. The molecule has 0 atom stereocenters. The molecule has 0 aliphatic heterocycles. The van der Waals surface area contributed by atoms with Gasteiger partial charge in [0.25, 0.3) is 9.84 Å². The summed E-state index contributed by atoms with van der Waals surface area (Å²) < 4.78 is 100.0. The Labute approximate surface area is 142 Å².